The first-order valence-electron chi connectivity index (χ1n) is 5.16. The Hall–Kier alpha value is -0.690. The molecule has 0 aliphatic carbocycles. The number of nitrogens with one attached hydrogen (secondary N) is 1. The Balaban J connectivity index is 2.93. The molecular formula is C10H15ClN2O3S. The summed E-state index contributed by atoms with van der Waals surface area (Å²) in [7, 11) is -3.72. The Morgan fingerprint density at radius 2 is 2.24 bits per heavy atom. The molecular weight excluding hydrogens is 264 g/mol. The van der Waals surface area contributed by atoms with Gasteiger partial charge in [0.25, 0.3) is 0 Å². The average Bonchev–Trinajstić information content (AvgIpc) is 2.29. The normalized spacial score (nSPS) is 13.6. The van der Waals surface area contributed by atoms with E-state index in [1.54, 1.807) is 13.8 Å². The SMILES string of the molecule is CCC(O)CNS(=O)(=O)c1cc(C)cnc1Cl. The van der Waals surface area contributed by atoms with Crippen molar-refractivity contribution in [3.05, 3.63) is 23.0 Å². The molecule has 5 nitrogen and oxygen atoms in total. The van der Waals surface area contributed by atoms with Crippen molar-refractivity contribution in [2.24, 2.45) is 0 Å². The Labute approximate surface area is 106 Å². The van der Waals surface area contributed by atoms with E-state index in [0.29, 0.717) is 12.0 Å². The predicted octanol–water partition coefficient (Wildman–Crippen LogP) is 1.09. The zero-order valence-corrected chi connectivity index (χ0v) is 11.2. The minimum atomic E-state index is -3.72. The zero-order valence-electron chi connectivity index (χ0n) is 9.64. The van der Waals surface area contributed by atoms with Crippen LogP contribution in [0.4, 0.5) is 0 Å². The maximum atomic E-state index is 11.9. The minimum Gasteiger partial charge on any atom is -0.392 e. The van der Waals surface area contributed by atoms with Gasteiger partial charge in [-0.1, -0.05) is 18.5 Å². The first kappa shape index (κ1) is 14.4. The number of hydrogen-bond acceptors (Lipinski definition) is 4. The number of sulfonamides is 1. The number of hydrogen-bond donors (Lipinski definition) is 2. The number of halogens is 1. The standard InChI is InChI=1S/C10H15ClN2O3S/c1-3-8(14)6-13-17(15,16)9-4-7(2)5-12-10(9)11/h4-5,8,13-14H,3,6H2,1-2H3. The topological polar surface area (TPSA) is 79.3 Å². The van der Waals surface area contributed by atoms with Gasteiger partial charge in [0, 0.05) is 12.7 Å². The van der Waals surface area contributed by atoms with Gasteiger partial charge in [0.1, 0.15) is 10.0 Å². The molecule has 0 bridgehead atoms. The van der Waals surface area contributed by atoms with Crippen LogP contribution >= 0.6 is 11.6 Å². The molecule has 1 atom stereocenters. The maximum absolute atomic E-state index is 11.9. The molecule has 0 saturated carbocycles. The van der Waals surface area contributed by atoms with E-state index in [2.05, 4.69) is 9.71 Å². The average molecular weight is 279 g/mol. The Kier molecular flexibility index (Phi) is 4.88. The molecule has 1 rings (SSSR count). The van der Waals surface area contributed by atoms with E-state index in [-0.39, 0.29) is 16.6 Å². The Morgan fingerprint density at radius 1 is 1.59 bits per heavy atom. The van der Waals surface area contributed by atoms with Crippen molar-refractivity contribution < 1.29 is 13.5 Å². The van der Waals surface area contributed by atoms with E-state index in [1.807, 2.05) is 0 Å². The maximum Gasteiger partial charge on any atom is 0.243 e. The lowest BCUT2D eigenvalue weighted by Gasteiger charge is -2.11. The van der Waals surface area contributed by atoms with Crippen LogP contribution in [-0.2, 0) is 10.0 Å². The van der Waals surface area contributed by atoms with Gasteiger partial charge in [-0.3, -0.25) is 0 Å². The molecule has 1 aromatic heterocycles. The highest BCUT2D eigenvalue weighted by atomic mass is 35.5. The minimum absolute atomic E-state index is 0.0386. The van der Waals surface area contributed by atoms with Gasteiger partial charge >= 0.3 is 0 Å². The van der Waals surface area contributed by atoms with Gasteiger partial charge in [-0.25, -0.2) is 18.1 Å². The van der Waals surface area contributed by atoms with Gasteiger partial charge in [0.15, 0.2) is 0 Å². The van der Waals surface area contributed by atoms with Crippen molar-refractivity contribution in [1.82, 2.24) is 9.71 Å². The number of aromatic nitrogens is 1. The second kappa shape index (κ2) is 5.77. The fourth-order valence-corrected chi connectivity index (χ4v) is 2.73. The molecule has 1 aromatic rings. The smallest absolute Gasteiger partial charge is 0.243 e. The molecule has 0 radical (unpaired) electrons. The van der Waals surface area contributed by atoms with Crippen molar-refractivity contribution >= 4 is 21.6 Å². The number of pyridine rings is 1. The van der Waals surface area contributed by atoms with Gasteiger partial charge in [-0.05, 0) is 25.0 Å². The van der Waals surface area contributed by atoms with Crippen molar-refractivity contribution in [1.29, 1.82) is 0 Å². The van der Waals surface area contributed by atoms with Crippen LogP contribution in [0.25, 0.3) is 0 Å². The Morgan fingerprint density at radius 3 is 2.82 bits per heavy atom. The summed E-state index contributed by atoms with van der Waals surface area (Å²) in [6.45, 7) is 3.45. The second-order valence-corrected chi connectivity index (χ2v) is 5.81. The van der Waals surface area contributed by atoms with Crippen LogP contribution in [0.3, 0.4) is 0 Å². The summed E-state index contributed by atoms with van der Waals surface area (Å²) in [6, 6.07) is 1.44. The van der Waals surface area contributed by atoms with E-state index < -0.39 is 16.1 Å². The molecule has 2 N–H and O–H groups in total. The van der Waals surface area contributed by atoms with Gasteiger partial charge in [0.2, 0.25) is 10.0 Å². The summed E-state index contributed by atoms with van der Waals surface area (Å²) in [5.41, 5.74) is 0.700. The van der Waals surface area contributed by atoms with Gasteiger partial charge in [0.05, 0.1) is 6.10 Å². The predicted molar refractivity (Wildman–Crippen MR) is 65.5 cm³/mol. The van der Waals surface area contributed by atoms with E-state index in [4.69, 9.17) is 11.6 Å². The molecule has 0 aliphatic rings. The highest BCUT2D eigenvalue weighted by Crippen LogP contribution is 2.19. The highest BCUT2D eigenvalue weighted by Gasteiger charge is 2.19. The Bertz CT molecular complexity index is 490. The summed E-state index contributed by atoms with van der Waals surface area (Å²) in [5, 5.41) is 9.24. The fraction of sp³-hybridized carbons (Fsp3) is 0.500. The van der Waals surface area contributed by atoms with Crippen LogP contribution in [0.15, 0.2) is 17.2 Å². The lowest BCUT2D eigenvalue weighted by atomic mass is 10.3. The molecule has 1 heterocycles. The van der Waals surface area contributed by atoms with E-state index in [9.17, 15) is 13.5 Å². The molecule has 0 saturated heterocycles. The number of rotatable bonds is 5. The van der Waals surface area contributed by atoms with Gasteiger partial charge in [-0.15, -0.1) is 0 Å². The molecule has 0 aromatic carbocycles. The largest absolute Gasteiger partial charge is 0.392 e. The van der Waals surface area contributed by atoms with Crippen molar-refractivity contribution in [3.63, 3.8) is 0 Å². The van der Waals surface area contributed by atoms with E-state index in [0.717, 1.165) is 0 Å². The first-order chi connectivity index (χ1) is 7.86. The fourth-order valence-electron chi connectivity index (χ4n) is 1.14. The number of nitrogens with zero attached hydrogens (tertiary/aromatic N) is 1. The molecule has 0 aliphatic heterocycles. The van der Waals surface area contributed by atoms with Crippen LogP contribution in [0.5, 0.6) is 0 Å². The third-order valence-electron chi connectivity index (χ3n) is 2.21. The van der Waals surface area contributed by atoms with Crippen molar-refractivity contribution in [2.75, 3.05) is 6.54 Å². The third-order valence-corrected chi connectivity index (χ3v) is 4.06. The van der Waals surface area contributed by atoms with Gasteiger partial charge < -0.3 is 5.11 Å². The number of aryl methyl sites for hydroxylation is 1. The van der Waals surface area contributed by atoms with Crippen LogP contribution in [0, 0.1) is 6.92 Å². The lowest BCUT2D eigenvalue weighted by molar-refractivity contribution is 0.174. The monoisotopic (exact) mass is 278 g/mol. The molecule has 1 unspecified atom stereocenters. The summed E-state index contributed by atoms with van der Waals surface area (Å²) in [6.07, 6.45) is 1.26. The van der Waals surface area contributed by atoms with Crippen LogP contribution in [-0.4, -0.2) is 31.2 Å². The lowest BCUT2D eigenvalue weighted by Crippen LogP contribution is -2.32. The second-order valence-electron chi connectivity index (χ2n) is 3.72. The van der Waals surface area contributed by atoms with Crippen LogP contribution < -0.4 is 4.72 Å². The van der Waals surface area contributed by atoms with Crippen LogP contribution in [0.1, 0.15) is 18.9 Å². The molecule has 96 valence electrons. The number of aliphatic hydroxyl groups is 1. The molecule has 0 fully saturated rings. The summed E-state index contributed by atoms with van der Waals surface area (Å²) >= 11 is 5.74. The zero-order chi connectivity index (χ0) is 13.1. The summed E-state index contributed by atoms with van der Waals surface area (Å²) < 4.78 is 26.0. The first-order valence-corrected chi connectivity index (χ1v) is 7.02. The highest BCUT2D eigenvalue weighted by molar-refractivity contribution is 7.89. The molecule has 7 heteroatoms. The van der Waals surface area contributed by atoms with Gasteiger partial charge in [-0.2, -0.15) is 0 Å². The summed E-state index contributed by atoms with van der Waals surface area (Å²) in [5.74, 6) is 0. The molecule has 17 heavy (non-hydrogen) atoms. The molecule has 0 amide bonds. The third kappa shape index (κ3) is 3.92. The van der Waals surface area contributed by atoms with E-state index >= 15 is 0 Å². The molecule has 0 spiro atoms. The van der Waals surface area contributed by atoms with E-state index in [1.165, 1.54) is 12.3 Å². The van der Waals surface area contributed by atoms with Crippen LogP contribution in [0.2, 0.25) is 5.15 Å². The number of aliphatic hydroxyl groups excluding tert-OH is 1. The van der Waals surface area contributed by atoms with Crippen molar-refractivity contribution in [2.45, 2.75) is 31.3 Å². The quantitative estimate of drug-likeness (QED) is 0.791. The summed E-state index contributed by atoms with van der Waals surface area (Å²) in [4.78, 5) is 3.71. The van der Waals surface area contributed by atoms with Crippen molar-refractivity contribution in [3.8, 4) is 0 Å².